The van der Waals surface area contributed by atoms with Crippen LogP contribution >= 0.6 is 0 Å². The van der Waals surface area contributed by atoms with Gasteiger partial charge in [0.1, 0.15) is 0 Å². The van der Waals surface area contributed by atoms with E-state index >= 15 is 0 Å². The molecule has 0 unspecified atom stereocenters. The van der Waals surface area contributed by atoms with Crippen LogP contribution in [-0.2, 0) is 0 Å². The summed E-state index contributed by atoms with van der Waals surface area (Å²) in [6.07, 6.45) is 1.69. The summed E-state index contributed by atoms with van der Waals surface area (Å²) in [6.45, 7) is 8.67. The van der Waals surface area contributed by atoms with Gasteiger partial charge in [0.25, 0.3) is 5.91 Å². The number of hydrogen-bond donors (Lipinski definition) is 1. The fraction of sp³-hybridized carbons (Fsp3) is 0.400. The van der Waals surface area contributed by atoms with Crippen molar-refractivity contribution in [2.24, 2.45) is 5.73 Å². The van der Waals surface area contributed by atoms with Crippen LogP contribution in [0.4, 0.5) is 0 Å². The largest absolute Gasteiger partial charge is 0.324 e. The van der Waals surface area contributed by atoms with Crippen molar-refractivity contribution in [3.05, 3.63) is 42.0 Å². The van der Waals surface area contributed by atoms with Gasteiger partial charge in [-0.3, -0.25) is 4.79 Å². The molecule has 0 radical (unpaired) electrons. The fourth-order valence-corrected chi connectivity index (χ4v) is 2.29. The highest BCUT2D eigenvalue weighted by Crippen LogP contribution is 2.32. The average Bonchev–Trinajstić information content (AvgIpc) is 2.64. The van der Waals surface area contributed by atoms with Crippen molar-refractivity contribution in [3.63, 3.8) is 0 Å². The molecule has 3 heteroatoms. The molecular weight excluding hydrogens is 224 g/mol. The predicted molar refractivity (Wildman–Crippen MR) is 74.0 cm³/mol. The summed E-state index contributed by atoms with van der Waals surface area (Å²) in [5, 5.41) is 0. The lowest BCUT2D eigenvalue weighted by Crippen LogP contribution is -2.49. The van der Waals surface area contributed by atoms with Gasteiger partial charge in [-0.05, 0) is 18.9 Å². The molecule has 2 rings (SSSR count). The summed E-state index contributed by atoms with van der Waals surface area (Å²) in [4.78, 5) is 14.0. The van der Waals surface area contributed by atoms with Gasteiger partial charge in [0, 0.05) is 28.9 Å². The molecule has 0 fully saturated rings. The number of amides is 1. The Labute approximate surface area is 108 Å². The molecule has 0 saturated carbocycles. The maximum atomic E-state index is 12.3. The maximum absolute atomic E-state index is 12.3. The van der Waals surface area contributed by atoms with E-state index in [9.17, 15) is 4.79 Å². The second kappa shape index (κ2) is 4.58. The number of nitrogens with two attached hydrogens (primary N) is 1. The molecule has 2 N–H and O–H groups in total. The van der Waals surface area contributed by atoms with Crippen molar-refractivity contribution in [1.82, 2.24) is 4.90 Å². The quantitative estimate of drug-likeness (QED) is 0.885. The second-order valence-corrected chi connectivity index (χ2v) is 4.95. The van der Waals surface area contributed by atoms with Gasteiger partial charge < -0.3 is 10.6 Å². The predicted octanol–water partition coefficient (Wildman–Crippen LogP) is 2.63. The lowest BCUT2D eigenvalue weighted by Gasteiger charge is -2.32. The number of rotatable bonds is 4. The Hall–Kier alpha value is -1.61. The van der Waals surface area contributed by atoms with Gasteiger partial charge >= 0.3 is 0 Å². The number of carbonyl (C=O) groups excluding carboxylic acids is 1. The third-order valence-corrected chi connectivity index (χ3v) is 3.92. The van der Waals surface area contributed by atoms with E-state index in [-0.39, 0.29) is 11.4 Å². The molecule has 0 aromatic heterocycles. The van der Waals surface area contributed by atoms with Crippen LogP contribution in [0.1, 0.15) is 42.6 Å². The zero-order valence-electron chi connectivity index (χ0n) is 11.1. The van der Waals surface area contributed by atoms with Crippen LogP contribution in [0.5, 0.6) is 0 Å². The number of hydrogen-bond acceptors (Lipinski definition) is 2. The molecule has 18 heavy (non-hydrogen) atoms. The number of benzene rings is 1. The lowest BCUT2D eigenvalue weighted by molar-refractivity contribution is 0.0821. The van der Waals surface area contributed by atoms with E-state index in [1.54, 1.807) is 4.90 Å². The van der Waals surface area contributed by atoms with Gasteiger partial charge in [-0.1, -0.05) is 38.6 Å². The zero-order valence-corrected chi connectivity index (χ0v) is 11.1. The highest BCUT2D eigenvalue weighted by molar-refractivity contribution is 6.08. The van der Waals surface area contributed by atoms with E-state index in [0.29, 0.717) is 6.54 Å². The van der Waals surface area contributed by atoms with Crippen LogP contribution in [0.15, 0.2) is 30.8 Å². The fourth-order valence-electron chi connectivity index (χ4n) is 2.29. The molecule has 0 aliphatic carbocycles. The van der Waals surface area contributed by atoms with E-state index in [0.717, 1.165) is 29.7 Å². The first kappa shape index (κ1) is 12.8. The molecule has 1 aromatic rings. The van der Waals surface area contributed by atoms with Crippen LogP contribution in [0.25, 0.3) is 5.70 Å². The van der Waals surface area contributed by atoms with Crippen LogP contribution in [0.3, 0.4) is 0 Å². The van der Waals surface area contributed by atoms with E-state index in [1.807, 2.05) is 24.3 Å². The van der Waals surface area contributed by atoms with Gasteiger partial charge in [0.05, 0.1) is 0 Å². The molecule has 1 heterocycles. The van der Waals surface area contributed by atoms with E-state index in [2.05, 4.69) is 20.4 Å². The molecule has 0 atom stereocenters. The molecule has 0 spiro atoms. The van der Waals surface area contributed by atoms with Gasteiger partial charge in [0.2, 0.25) is 0 Å². The molecule has 1 aliphatic rings. The second-order valence-electron chi connectivity index (χ2n) is 4.95. The van der Waals surface area contributed by atoms with Crippen molar-refractivity contribution in [1.29, 1.82) is 0 Å². The summed E-state index contributed by atoms with van der Waals surface area (Å²) in [5.74, 6) is 0.0207. The first-order valence-electron chi connectivity index (χ1n) is 6.41. The van der Waals surface area contributed by atoms with Crippen molar-refractivity contribution in [2.45, 2.75) is 32.2 Å². The monoisotopic (exact) mass is 244 g/mol. The minimum Gasteiger partial charge on any atom is -0.324 e. The van der Waals surface area contributed by atoms with E-state index < -0.39 is 0 Å². The van der Waals surface area contributed by atoms with Crippen LogP contribution in [0.2, 0.25) is 0 Å². The smallest absolute Gasteiger partial charge is 0.259 e. The third-order valence-electron chi connectivity index (χ3n) is 3.92. The molecule has 3 nitrogen and oxygen atoms in total. The number of fused-ring (bicyclic) bond motifs is 1. The van der Waals surface area contributed by atoms with Crippen LogP contribution < -0.4 is 5.73 Å². The normalized spacial score (nSPS) is 15.2. The Balaban J connectivity index is 2.29. The Morgan fingerprint density at radius 3 is 2.28 bits per heavy atom. The van der Waals surface area contributed by atoms with Crippen molar-refractivity contribution in [2.75, 3.05) is 6.54 Å². The highest BCUT2D eigenvalue weighted by atomic mass is 16.2. The van der Waals surface area contributed by atoms with E-state index in [4.69, 9.17) is 5.73 Å². The summed E-state index contributed by atoms with van der Waals surface area (Å²) in [5.41, 5.74) is 8.40. The molecule has 1 aliphatic heterocycles. The molecule has 0 saturated heterocycles. The van der Waals surface area contributed by atoms with Crippen LogP contribution in [-0.4, -0.2) is 22.9 Å². The first-order chi connectivity index (χ1) is 8.52. The van der Waals surface area contributed by atoms with Gasteiger partial charge in [-0.25, -0.2) is 0 Å². The first-order valence-corrected chi connectivity index (χ1v) is 6.41. The van der Waals surface area contributed by atoms with Crippen molar-refractivity contribution < 1.29 is 4.79 Å². The molecule has 0 bridgehead atoms. The van der Waals surface area contributed by atoms with Crippen molar-refractivity contribution in [3.8, 4) is 0 Å². The third kappa shape index (κ3) is 1.95. The summed E-state index contributed by atoms with van der Waals surface area (Å²) >= 11 is 0. The molecule has 1 aromatic carbocycles. The number of nitrogens with zero attached hydrogens (tertiary/aromatic N) is 1. The topological polar surface area (TPSA) is 46.3 Å². The van der Waals surface area contributed by atoms with Crippen LogP contribution in [0, 0.1) is 0 Å². The minimum absolute atomic E-state index is 0.0207. The summed E-state index contributed by atoms with van der Waals surface area (Å²) < 4.78 is 0. The SMILES string of the molecule is C=C1c2ccccc2C(=O)N1CC(N)(CC)CC. The van der Waals surface area contributed by atoms with Crippen molar-refractivity contribution >= 4 is 11.6 Å². The Kier molecular flexibility index (Phi) is 3.26. The highest BCUT2D eigenvalue weighted by Gasteiger charge is 2.35. The zero-order chi connectivity index (χ0) is 13.3. The van der Waals surface area contributed by atoms with Gasteiger partial charge in [-0.15, -0.1) is 0 Å². The van der Waals surface area contributed by atoms with E-state index in [1.165, 1.54) is 0 Å². The standard InChI is InChI=1S/C15H20N2O/c1-4-15(16,5-2)10-17-11(3)12-8-6-7-9-13(12)14(17)18/h6-9H,3-5,10,16H2,1-2H3. The Bertz CT molecular complexity index is 454. The lowest BCUT2D eigenvalue weighted by atomic mass is 9.93. The molecule has 96 valence electrons. The maximum Gasteiger partial charge on any atom is 0.259 e. The molecular formula is C15H20N2O. The van der Waals surface area contributed by atoms with Gasteiger partial charge in [0.15, 0.2) is 0 Å². The number of carbonyl (C=O) groups is 1. The summed E-state index contributed by atoms with van der Waals surface area (Å²) in [6, 6.07) is 7.59. The average molecular weight is 244 g/mol. The Morgan fingerprint density at radius 1 is 1.22 bits per heavy atom. The Morgan fingerprint density at radius 2 is 1.78 bits per heavy atom. The molecule has 1 amide bonds. The summed E-state index contributed by atoms with van der Waals surface area (Å²) in [7, 11) is 0. The minimum atomic E-state index is -0.333. The van der Waals surface area contributed by atoms with Gasteiger partial charge in [-0.2, -0.15) is 0 Å².